The molecule has 2 rings (SSSR count). The van der Waals surface area contributed by atoms with Crippen molar-refractivity contribution >= 4 is 23.4 Å². The van der Waals surface area contributed by atoms with E-state index in [-0.39, 0.29) is 31.9 Å². The number of hydrogen-bond acceptors (Lipinski definition) is 3. The Balaban J connectivity index is 2.00. The summed E-state index contributed by atoms with van der Waals surface area (Å²) in [6.07, 6.45) is -10.6. The van der Waals surface area contributed by atoms with Crippen LogP contribution in [0.1, 0.15) is 18.4 Å². The zero-order valence-corrected chi connectivity index (χ0v) is 15.8. The Labute approximate surface area is 161 Å². The predicted molar refractivity (Wildman–Crippen MR) is 92.0 cm³/mol. The first kappa shape index (κ1) is 22.6. The lowest BCUT2D eigenvalue weighted by Crippen LogP contribution is -2.49. The van der Waals surface area contributed by atoms with Gasteiger partial charge < -0.3 is 9.80 Å². The number of anilines is 1. The lowest BCUT2D eigenvalue weighted by Gasteiger charge is -2.36. The minimum absolute atomic E-state index is 0.120. The predicted octanol–water partition coefficient (Wildman–Crippen LogP) is 4.78. The first-order valence-electron chi connectivity index (χ1n) is 8.45. The summed E-state index contributed by atoms with van der Waals surface area (Å²) in [6.45, 7) is 2.12. The number of carbonyl (C=O) groups excluding carboxylic acids is 1. The number of thioether (sulfide) groups is 1. The minimum Gasteiger partial charge on any atom is -0.366 e. The molecule has 3 nitrogen and oxygen atoms in total. The van der Waals surface area contributed by atoms with Gasteiger partial charge in [-0.3, -0.25) is 4.79 Å². The largest absolute Gasteiger partial charge is 0.398 e. The maximum atomic E-state index is 14.3. The number of alkyl halides is 6. The summed E-state index contributed by atoms with van der Waals surface area (Å²) in [5, 5.41) is 0. The fraction of sp³-hybridized carbons (Fsp3) is 0.588. The molecule has 1 amide bonds. The molecule has 1 aliphatic heterocycles. The van der Waals surface area contributed by atoms with E-state index in [9.17, 15) is 35.5 Å². The van der Waals surface area contributed by atoms with E-state index in [0.29, 0.717) is 22.2 Å². The standard InChI is InChI=1S/C17H19F7N2OS/c1-11-8-12(18)13(9-14(11)28-10-17(22,23)24)25-4-6-26(7-5-25)15(27)2-3-16(19,20)21/h8-9H,2-7,10H2,1H3. The van der Waals surface area contributed by atoms with Crippen LogP contribution in [0.5, 0.6) is 0 Å². The minimum atomic E-state index is -4.41. The molecule has 0 aliphatic carbocycles. The van der Waals surface area contributed by atoms with Crippen molar-refractivity contribution in [3.8, 4) is 0 Å². The molecule has 0 radical (unpaired) electrons. The average molecular weight is 432 g/mol. The van der Waals surface area contributed by atoms with Gasteiger partial charge >= 0.3 is 12.4 Å². The Bertz CT molecular complexity index is 698. The van der Waals surface area contributed by atoms with Crippen LogP contribution in [0, 0.1) is 12.7 Å². The van der Waals surface area contributed by atoms with Crippen LogP contribution in [-0.2, 0) is 4.79 Å². The highest BCUT2D eigenvalue weighted by molar-refractivity contribution is 7.99. The second-order valence-electron chi connectivity index (χ2n) is 6.46. The first-order chi connectivity index (χ1) is 12.9. The second-order valence-corrected chi connectivity index (χ2v) is 7.47. The molecule has 1 fully saturated rings. The van der Waals surface area contributed by atoms with Crippen LogP contribution >= 0.6 is 11.8 Å². The van der Waals surface area contributed by atoms with E-state index in [4.69, 9.17) is 0 Å². The normalized spacial score (nSPS) is 15.9. The number of piperazine rings is 1. The molecule has 1 aromatic rings. The lowest BCUT2D eigenvalue weighted by atomic mass is 10.1. The lowest BCUT2D eigenvalue weighted by molar-refractivity contribution is -0.149. The Hall–Kier alpha value is -1.65. The molecule has 0 aromatic heterocycles. The van der Waals surface area contributed by atoms with E-state index in [0.717, 1.165) is 6.07 Å². The molecular weight excluding hydrogens is 413 g/mol. The van der Waals surface area contributed by atoms with Crippen molar-refractivity contribution in [2.45, 2.75) is 37.0 Å². The smallest absolute Gasteiger partial charge is 0.366 e. The molecule has 1 saturated heterocycles. The average Bonchev–Trinajstić information content (AvgIpc) is 2.58. The molecule has 0 unspecified atom stereocenters. The molecule has 0 N–H and O–H groups in total. The van der Waals surface area contributed by atoms with Crippen LogP contribution in [0.15, 0.2) is 17.0 Å². The highest BCUT2D eigenvalue weighted by atomic mass is 32.2. The summed E-state index contributed by atoms with van der Waals surface area (Å²) < 4.78 is 88.3. The quantitative estimate of drug-likeness (QED) is 0.494. The number of benzene rings is 1. The van der Waals surface area contributed by atoms with Crippen molar-refractivity contribution in [3.05, 3.63) is 23.5 Å². The highest BCUT2D eigenvalue weighted by Crippen LogP contribution is 2.34. The van der Waals surface area contributed by atoms with Crippen LogP contribution in [0.2, 0.25) is 0 Å². The molecule has 28 heavy (non-hydrogen) atoms. The van der Waals surface area contributed by atoms with Crippen molar-refractivity contribution in [2.24, 2.45) is 0 Å². The number of carbonyl (C=O) groups is 1. The molecule has 0 atom stereocenters. The maximum Gasteiger partial charge on any atom is 0.398 e. The van der Waals surface area contributed by atoms with E-state index >= 15 is 0 Å². The van der Waals surface area contributed by atoms with Crippen LogP contribution in [0.3, 0.4) is 0 Å². The van der Waals surface area contributed by atoms with Crippen molar-refractivity contribution in [3.63, 3.8) is 0 Å². The Morgan fingerprint density at radius 1 is 1.04 bits per heavy atom. The molecule has 1 aliphatic rings. The third-order valence-corrected chi connectivity index (χ3v) is 5.45. The maximum absolute atomic E-state index is 14.3. The van der Waals surface area contributed by atoms with Crippen molar-refractivity contribution in [1.29, 1.82) is 0 Å². The summed E-state index contributed by atoms with van der Waals surface area (Å²) in [6, 6.07) is 2.51. The Morgan fingerprint density at radius 3 is 2.18 bits per heavy atom. The molecule has 1 aromatic carbocycles. The Morgan fingerprint density at radius 2 is 1.64 bits per heavy atom. The van der Waals surface area contributed by atoms with E-state index in [1.807, 2.05) is 0 Å². The molecule has 0 spiro atoms. The van der Waals surface area contributed by atoms with Gasteiger partial charge in [0, 0.05) is 37.5 Å². The number of aryl methyl sites for hydroxylation is 1. The third kappa shape index (κ3) is 6.75. The van der Waals surface area contributed by atoms with E-state index in [1.165, 1.54) is 17.9 Å². The molecule has 0 saturated carbocycles. The topological polar surface area (TPSA) is 23.6 Å². The van der Waals surface area contributed by atoms with Crippen molar-refractivity contribution in [1.82, 2.24) is 4.90 Å². The van der Waals surface area contributed by atoms with E-state index < -0.39 is 42.7 Å². The van der Waals surface area contributed by atoms with Gasteiger partial charge in [-0.05, 0) is 24.6 Å². The zero-order chi connectivity index (χ0) is 21.1. The molecule has 158 valence electrons. The van der Waals surface area contributed by atoms with Crippen molar-refractivity contribution in [2.75, 3.05) is 36.8 Å². The fourth-order valence-electron chi connectivity index (χ4n) is 2.80. The monoisotopic (exact) mass is 432 g/mol. The van der Waals surface area contributed by atoms with Gasteiger partial charge in [-0.1, -0.05) is 0 Å². The highest BCUT2D eigenvalue weighted by Gasteiger charge is 2.31. The van der Waals surface area contributed by atoms with E-state index in [2.05, 4.69) is 0 Å². The number of halogens is 7. The molecular formula is C17H19F7N2OS. The SMILES string of the molecule is Cc1cc(F)c(N2CCN(C(=O)CCC(F)(F)F)CC2)cc1SCC(F)(F)F. The second kappa shape index (κ2) is 8.79. The van der Waals surface area contributed by atoms with Gasteiger partial charge in [0.2, 0.25) is 5.91 Å². The summed E-state index contributed by atoms with van der Waals surface area (Å²) in [7, 11) is 0. The van der Waals surface area contributed by atoms with Gasteiger partial charge in [-0.25, -0.2) is 4.39 Å². The number of nitrogens with zero attached hydrogens (tertiary/aromatic N) is 2. The number of hydrogen-bond donors (Lipinski definition) is 0. The van der Waals surface area contributed by atoms with Gasteiger partial charge in [0.05, 0.1) is 17.9 Å². The summed E-state index contributed by atoms with van der Waals surface area (Å²) in [5.74, 6) is -2.31. The van der Waals surface area contributed by atoms with Crippen LogP contribution in [0.4, 0.5) is 36.4 Å². The third-order valence-electron chi connectivity index (χ3n) is 4.23. The number of amides is 1. The van der Waals surface area contributed by atoms with Crippen molar-refractivity contribution < 1.29 is 35.5 Å². The van der Waals surface area contributed by atoms with Gasteiger partial charge in [-0.2, -0.15) is 26.3 Å². The van der Waals surface area contributed by atoms with Crippen LogP contribution < -0.4 is 4.90 Å². The molecule has 11 heteroatoms. The summed E-state index contributed by atoms with van der Waals surface area (Å²) in [5.41, 5.74) is 0.508. The van der Waals surface area contributed by atoms with E-state index in [1.54, 1.807) is 4.90 Å². The first-order valence-corrected chi connectivity index (χ1v) is 9.43. The van der Waals surface area contributed by atoms with Gasteiger partial charge in [-0.15, -0.1) is 11.8 Å². The summed E-state index contributed by atoms with van der Waals surface area (Å²) in [4.78, 5) is 15.0. The van der Waals surface area contributed by atoms with Gasteiger partial charge in [0.25, 0.3) is 0 Å². The Kier molecular flexibility index (Phi) is 7.11. The molecule has 1 heterocycles. The van der Waals surface area contributed by atoms with Crippen LogP contribution in [-0.4, -0.2) is 55.1 Å². The summed E-state index contributed by atoms with van der Waals surface area (Å²) >= 11 is 0.566. The zero-order valence-electron chi connectivity index (χ0n) is 15.0. The van der Waals surface area contributed by atoms with Gasteiger partial charge in [0.15, 0.2) is 0 Å². The molecule has 0 bridgehead atoms. The fourth-order valence-corrected chi connectivity index (χ4v) is 3.60. The van der Waals surface area contributed by atoms with Crippen LogP contribution in [0.25, 0.3) is 0 Å². The van der Waals surface area contributed by atoms with Gasteiger partial charge in [0.1, 0.15) is 5.82 Å². The number of rotatable bonds is 5.